The fourth-order valence-corrected chi connectivity index (χ4v) is 3.01. The minimum atomic E-state index is -0.482. The fourth-order valence-electron chi connectivity index (χ4n) is 1.91. The second-order valence-electron chi connectivity index (χ2n) is 5.16. The minimum Gasteiger partial charge on any atom is -0.490 e. The molecule has 0 aliphatic rings. The van der Waals surface area contributed by atoms with E-state index >= 15 is 0 Å². The van der Waals surface area contributed by atoms with Crippen LogP contribution in [0.1, 0.15) is 24.8 Å². The number of rotatable bonds is 11. The summed E-state index contributed by atoms with van der Waals surface area (Å²) < 4.78 is 6.55. The van der Waals surface area contributed by atoms with Gasteiger partial charge in [0.05, 0.1) is 4.47 Å². The second-order valence-corrected chi connectivity index (χ2v) is 7.00. The molecule has 0 aromatic heterocycles. The van der Waals surface area contributed by atoms with Gasteiger partial charge in [0.25, 0.3) is 0 Å². The van der Waals surface area contributed by atoms with Crippen molar-refractivity contribution in [3.63, 3.8) is 0 Å². The summed E-state index contributed by atoms with van der Waals surface area (Å²) in [5.41, 5.74) is 1.18. The predicted molar refractivity (Wildman–Crippen MR) is 95.5 cm³/mol. The van der Waals surface area contributed by atoms with Crippen molar-refractivity contribution >= 4 is 27.7 Å². The Hall–Kier alpha value is -0.230. The van der Waals surface area contributed by atoms with Crippen LogP contribution in [0.4, 0.5) is 0 Å². The van der Waals surface area contributed by atoms with Gasteiger partial charge < -0.3 is 15.2 Å². The van der Waals surface area contributed by atoms with Gasteiger partial charge in [-0.2, -0.15) is 11.8 Å². The first-order valence-electron chi connectivity index (χ1n) is 7.40. The topological polar surface area (TPSA) is 41.5 Å². The third-order valence-corrected chi connectivity index (χ3v) is 4.42. The van der Waals surface area contributed by atoms with Crippen LogP contribution < -0.4 is 10.1 Å². The molecule has 1 aromatic carbocycles. The third-order valence-electron chi connectivity index (χ3n) is 3.10. The van der Waals surface area contributed by atoms with Gasteiger partial charge in [0.15, 0.2) is 0 Å². The van der Waals surface area contributed by atoms with Crippen molar-refractivity contribution in [2.24, 2.45) is 0 Å². The van der Waals surface area contributed by atoms with Crippen molar-refractivity contribution in [3.05, 3.63) is 28.2 Å². The molecule has 0 aliphatic carbocycles. The quantitative estimate of drug-likeness (QED) is 0.579. The summed E-state index contributed by atoms with van der Waals surface area (Å²) in [5, 5.41) is 13.2. The molecule has 0 amide bonds. The third kappa shape index (κ3) is 8.71. The Labute approximate surface area is 141 Å². The lowest BCUT2D eigenvalue weighted by Crippen LogP contribution is -2.32. The van der Waals surface area contributed by atoms with E-state index in [2.05, 4.69) is 27.5 Å². The number of ether oxygens (including phenoxy) is 1. The zero-order valence-electron chi connectivity index (χ0n) is 12.9. The Morgan fingerprint density at radius 2 is 2.14 bits per heavy atom. The largest absolute Gasteiger partial charge is 0.490 e. The number of hydrogen-bond donors (Lipinski definition) is 2. The molecule has 0 fully saturated rings. The smallest absolute Gasteiger partial charge is 0.133 e. The Bertz CT molecular complexity index is 404. The molecule has 2 N–H and O–H groups in total. The highest BCUT2D eigenvalue weighted by Crippen LogP contribution is 2.25. The van der Waals surface area contributed by atoms with E-state index in [9.17, 15) is 5.11 Å². The van der Waals surface area contributed by atoms with Gasteiger partial charge in [-0.3, -0.25) is 0 Å². The van der Waals surface area contributed by atoms with Crippen molar-refractivity contribution in [3.8, 4) is 5.75 Å². The molecule has 0 spiro atoms. The Morgan fingerprint density at radius 1 is 1.33 bits per heavy atom. The van der Waals surface area contributed by atoms with Crippen LogP contribution in [0, 0.1) is 6.92 Å². The van der Waals surface area contributed by atoms with E-state index in [-0.39, 0.29) is 0 Å². The number of hydrogen-bond acceptors (Lipinski definition) is 4. The summed E-state index contributed by atoms with van der Waals surface area (Å²) >= 11 is 5.36. The predicted octanol–water partition coefficient (Wildman–Crippen LogP) is 3.62. The number of benzene rings is 1. The molecule has 0 saturated heterocycles. The standard InChI is InChI=1S/C16H26BrNO2S/c1-13-6-7-16(15(17)10-13)20-12-14(19)11-18-8-4-3-5-9-21-2/h6-7,10,14,18-19H,3-5,8-9,11-12H2,1-2H3. The lowest BCUT2D eigenvalue weighted by Gasteiger charge is -2.14. The summed E-state index contributed by atoms with van der Waals surface area (Å²) in [6.07, 6.45) is 5.34. The molecule has 0 aliphatic heterocycles. The summed E-state index contributed by atoms with van der Waals surface area (Å²) in [5.74, 6) is 2.01. The maximum Gasteiger partial charge on any atom is 0.133 e. The molecule has 1 rings (SSSR count). The molecule has 0 radical (unpaired) electrons. The Kier molecular flexibility index (Phi) is 10.2. The van der Waals surface area contributed by atoms with E-state index in [1.54, 1.807) is 0 Å². The number of aliphatic hydroxyl groups excluding tert-OH is 1. The van der Waals surface area contributed by atoms with Gasteiger partial charge in [-0.15, -0.1) is 0 Å². The van der Waals surface area contributed by atoms with Crippen LogP contribution in [-0.2, 0) is 0 Å². The average molecular weight is 376 g/mol. The summed E-state index contributed by atoms with van der Waals surface area (Å²) in [6.45, 7) is 3.87. The lowest BCUT2D eigenvalue weighted by molar-refractivity contribution is 0.106. The molecule has 3 nitrogen and oxygen atoms in total. The average Bonchev–Trinajstić information content (AvgIpc) is 2.45. The van der Waals surface area contributed by atoms with E-state index < -0.39 is 6.10 Å². The summed E-state index contributed by atoms with van der Waals surface area (Å²) in [6, 6.07) is 5.93. The molecule has 120 valence electrons. The Morgan fingerprint density at radius 3 is 2.86 bits per heavy atom. The number of thioether (sulfide) groups is 1. The van der Waals surface area contributed by atoms with Crippen molar-refractivity contribution < 1.29 is 9.84 Å². The van der Waals surface area contributed by atoms with Gasteiger partial charge in [-0.1, -0.05) is 12.5 Å². The van der Waals surface area contributed by atoms with Crippen LogP contribution in [0.15, 0.2) is 22.7 Å². The molecule has 5 heteroatoms. The van der Waals surface area contributed by atoms with E-state index in [0.717, 1.165) is 23.2 Å². The number of halogens is 1. The maximum absolute atomic E-state index is 9.89. The van der Waals surface area contributed by atoms with Crippen LogP contribution >= 0.6 is 27.7 Å². The first kappa shape index (κ1) is 18.8. The number of aliphatic hydroxyl groups is 1. The molecule has 1 unspecified atom stereocenters. The summed E-state index contributed by atoms with van der Waals surface area (Å²) in [7, 11) is 0. The molecule has 1 aromatic rings. The van der Waals surface area contributed by atoms with Gasteiger partial charge in [0.2, 0.25) is 0 Å². The molecule has 0 saturated carbocycles. The molecular weight excluding hydrogens is 350 g/mol. The molecule has 21 heavy (non-hydrogen) atoms. The highest BCUT2D eigenvalue weighted by atomic mass is 79.9. The van der Waals surface area contributed by atoms with Gasteiger partial charge in [0, 0.05) is 6.54 Å². The zero-order chi connectivity index (χ0) is 15.5. The normalized spacial score (nSPS) is 12.4. The maximum atomic E-state index is 9.89. The SMILES string of the molecule is CSCCCCCNCC(O)COc1ccc(C)cc1Br. The van der Waals surface area contributed by atoms with Crippen molar-refractivity contribution in [1.29, 1.82) is 0 Å². The van der Waals surface area contributed by atoms with E-state index in [0.29, 0.717) is 13.2 Å². The summed E-state index contributed by atoms with van der Waals surface area (Å²) in [4.78, 5) is 0. The van der Waals surface area contributed by atoms with Crippen LogP contribution in [0.25, 0.3) is 0 Å². The molecule has 0 bridgehead atoms. The fraction of sp³-hybridized carbons (Fsp3) is 0.625. The second kappa shape index (κ2) is 11.4. The number of nitrogens with one attached hydrogen (secondary N) is 1. The first-order valence-corrected chi connectivity index (χ1v) is 9.59. The van der Waals surface area contributed by atoms with Crippen LogP contribution in [-0.4, -0.2) is 42.9 Å². The highest BCUT2D eigenvalue weighted by molar-refractivity contribution is 9.10. The zero-order valence-corrected chi connectivity index (χ0v) is 15.3. The van der Waals surface area contributed by atoms with Gasteiger partial charge in [0.1, 0.15) is 18.5 Å². The Balaban J connectivity index is 2.09. The number of aryl methyl sites for hydroxylation is 1. The van der Waals surface area contributed by atoms with Crippen LogP contribution in [0.5, 0.6) is 5.75 Å². The number of unbranched alkanes of at least 4 members (excludes halogenated alkanes) is 2. The van der Waals surface area contributed by atoms with Gasteiger partial charge in [-0.05, 0) is 71.9 Å². The van der Waals surface area contributed by atoms with Crippen molar-refractivity contribution in [2.45, 2.75) is 32.3 Å². The lowest BCUT2D eigenvalue weighted by atomic mass is 10.2. The molecule has 0 heterocycles. The van der Waals surface area contributed by atoms with E-state index in [1.165, 1.54) is 24.2 Å². The van der Waals surface area contributed by atoms with Crippen molar-refractivity contribution in [1.82, 2.24) is 5.32 Å². The monoisotopic (exact) mass is 375 g/mol. The van der Waals surface area contributed by atoms with Crippen molar-refractivity contribution in [2.75, 3.05) is 31.7 Å². The van der Waals surface area contributed by atoms with E-state index in [1.807, 2.05) is 36.9 Å². The molecule has 1 atom stereocenters. The highest BCUT2D eigenvalue weighted by Gasteiger charge is 2.07. The van der Waals surface area contributed by atoms with Gasteiger partial charge in [-0.25, -0.2) is 0 Å². The van der Waals surface area contributed by atoms with Crippen LogP contribution in [0.2, 0.25) is 0 Å². The van der Waals surface area contributed by atoms with E-state index in [4.69, 9.17) is 4.74 Å². The van der Waals surface area contributed by atoms with Crippen LogP contribution in [0.3, 0.4) is 0 Å². The minimum absolute atomic E-state index is 0.307. The molecular formula is C16H26BrNO2S. The van der Waals surface area contributed by atoms with Gasteiger partial charge >= 0.3 is 0 Å². The first-order chi connectivity index (χ1) is 10.1.